The van der Waals surface area contributed by atoms with Crippen molar-refractivity contribution < 1.29 is 14.0 Å². The molecule has 0 saturated carbocycles. The van der Waals surface area contributed by atoms with Crippen molar-refractivity contribution in [3.05, 3.63) is 94.8 Å². The lowest BCUT2D eigenvalue weighted by Gasteiger charge is -2.35. The summed E-state index contributed by atoms with van der Waals surface area (Å²) in [5.74, 6) is -0.558. The van der Waals surface area contributed by atoms with Crippen molar-refractivity contribution in [2.45, 2.75) is 13.0 Å². The normalized spacial score (nSPS) is 13.9. The number of carbonyl (C=O) groups is 2. The summed E-state index contributed by atoms with van der Waals surface area (Å²) in [4.78, 5) is 28.8. The van der Waals surface area contributed by atoms with E-state index in [0.29, 0.717) is 35.9 Å². The van der Waals surface area contributed by atoms with E-state index in [2.05, 4.69) is 5.32 Å². The standard InChI is InChI=1S/C24H21ClFN3O2/c25-19-7-9-21(10-8-19)27-23(30)18-5-11-22(12-6-18)29-14-2-13-28(24(29)31)16-17-3-1-4-20(26)15-17/h1,3-12,15H,2,13-14,16H2,(H,27,30). The zero-order valence-electron chi connectivity index (χ0n) is 16.7. The molecule has 158 valence electrons. The fourth-order valence-electron chi connectivity index (χ4n) is 3.55. The molecule has 1 saturated heterocycles. The summed E-state index contributed by atoms with van der Waals surface area (Å²) in [5, 5.41) is 3.41. The number of urea groups is 1. The highest BCUT2D eigenvalue weighted by molar-refractivity contribution is 6.30. The van der Waals surface area contributed by atoms with Crippen molar-refractivity contribution in [2.24, 2.45) is 0 Å². The third kappa shape index (κ3) is 5.03. The Morgan fingerprint density at radius 2 is 1.74 bits per heavy atom. The van der Waals surface area contributed by atoms with Gasteiger partial charge in [-0.2, -0.15) is 0 Å². The molecule has 0 radical (unpaired) electrons. The van der Waals surface area contributed by atoms with Gasteiger partial charge in [-0.15, -0.1) is 0 Å². The molecular weight excluding hydrogens is 417 g/mol. The Bertz CT molecular complexity index is 1090. The maximum Gasteiger partial charge on any atom is 0.324 e. The van der Waals surface area contributed by atoms with Gasteiger partial charge >= 0.3 is 6.03 Å². The molecule has 1 fully saturated rings. The molecule has 0 spiro atoms. The summed E-state index contributed by atoms with van der Waals surface area (Å²) in [6.07, 6.45) is 0.805. The summed E-state index contributed by atoms with van der Waals surface area (Å²) in [7, 11) is 0. The first kappa shape index (κ1) is 20.9. The van der Waals surface area contributed by atoms with Gasteiger partial charge in [0.1, 0.15) is 5.82 Å². The molecule has 5 nitrogen and oxygen atoms in total. The average Bonchev–Trinajstić information content (AvgIpc) is 2.77. The quantitative estimate of drug-likeness (QED) is 0.567. The zero-order valence-corrected chi connectivity index (χ0v) is 17.5. The van der Waals surface area contributed by atoms with Gasteiger partial charge in [-0.3, -0.25) is 9.69 Å². The van der Waals surface area contributed by atoms with Crippen LogP contribution in [0.3, 0.4) is 0 Å². The molecule has 0 bridgehead atoms. The zero-order chi connectivity index (χ0) is 21.8. The fourth-order valence-corrected chi connectivity index (χ4v) is 3.68. The van der Waals surface area contributed by atoms with E-state index in [-0.39, 0.29) is 17.8 Å². The van der Waals surface area contributed by atoms with E-state index in [1.165, 1.54) is 12.1 Å². The molecule has 7 heteroatoms. The van der Waals surface area contributed by atoms with Crippen LogP contribution in [0.15, 0.2) is 72.8 Å². The highest BCUT2D eigenvalue weighted by Crippen LogP contribution is 2.23. The molecule has 3 aromatic rings. The maximum atomic E-state index is 13.5. The number of amides is 3. The first-order chi connectivity index (χ1) is 15.0. The molecule has 3 amide bonds. The minimum Gasteiger partial charge on any atom is -0.322 e. The monoisotopic (exact) mass is 437 g/mol. The summed E-state index contributed by atoms with van der Waals surface area (Å²) in [6.45, 7) is 1.57. The second-order valence-corrected chi connectivity index (χ2v) is 7.78. The summed E-state index contributed by atoms with van der Waals surface area (Å²) in [6, 6.07) is 19.9. The number of nitrogens with zero attached hydrogens (tertiary/aromatic N) is 2. The van der Waals surface area contributed by atoms with Crippen LogP contribution in [0.5, 0.6) is 0 Å². The van der Waals surface area contributed by atoms with Crippen LogP contribution in [-0.2, 0) is 6.54 Å². The number of hydrogen-bond acceptors (Lipinski definition) is 2. The lowest BCUT2D eigenvalue weighted by atomic mass is 10.1. The number of anilines is 2. The van der Waals surface area contributed by atoms with Gasteiger partial charge in [0.2, 0.25) is 0 Å². The van der Waals surface area contributed by atoms with Gasteiger partial charge in [-0.05, 0) is 72.6 Å². The van der Waals surface area contributed by atoms with E-state index >= 15 is 0 Å². The van der Waals surface area contributed by atoms with Crippen LogP contribution in [0.25, 0.3) is 0 Å². The van der Waals surface area contributed by atoms with Gasteiger partial charge in [0.15, 0.2) is 0 Å². The molecule has 4 rings (SSSR count). The van der Waals surface area contributed by atoms with Crippen LogP contribution in [0.2, 0.25) is 5.02 Å². The van der Waals surface area contributed by atoms with Crippen LogP contribution in [-0.4, -0.2) is 29.9 Å². The SMILES string of the molecule is O=C(Nc1ccc(Cl)cc1)c1ccc(N2CCCN(Cc3cccc(F)c3)C2=O)cc1. The Morgan fingerprint density at radius 3 is 2.45 bits per heavy atom. The van der Waals surface area contributed by atoms with Crippen LogP contribution in [0.4, 0.5) is 20.6 Å². The molecule has 1 N–H and O–H groups in total. The van der Waals surface area contributed by atoms with Crippen molar-refractivity contribution in [3.63, 3.8) is 0 Å². The number of carbonyl (C=O) groups excluding carboxylic acids is 2. The highest BCUT2D eigenvalue weighted by atomic mass is 35.5. The summed E-state index contributed by atoms with van der Waals surface area (Å²) in [5.41, 5.74) is 2.61. The Hall–Kier alpha value is -3.38. The topological polar surface area (TPSA) is 52.7 Å². The van der Waals surface area contributed by atoms with Gasteiger partial charge in [-0.25, -0.2) is 9.18 Å². The number of benzene rings is 3. The van der Waals surface area contributed by atoms with Crippen molar-refractivity contribution in [3.8, 4) is 0 Å². The van der Waals surface area contributed by atoms with E-state index < -0.39 is 0 Å². The largest absolute Gasteiger partial charge is 0.324 e. The van der Waals surface area contributed by atoms with Gasteiger partial charge < -0.3 is 10.2 Å². The van der Waals surface area contributed by atoms with E-state index in [0.717, 1.165) is 17.7 Å². The molecular formula is C24H21ClFN3O2. The lowest BCUT2D eigenvalue weighted by molar-refractivity contribution is 0.102. The van der Waals surface area contributed by atoms with Crippen LogP contribution in [0, 0.1) is 5.82 Å². The van der Waals surface area contributed by atoms with Crippen molar-refractivity contribution >= 4 is 34.9 Å². The van der Waals surface area contributed by atoms with Gasteiger partial charge in [-0.1, -0.05) is 23.7 Å². The van der Waals surface area contributed by atoms with Gasteiger partial charge in [0, 0.05) is 41.6 Å². The molecule has 0 atom stereocenters. The number of nitrogens with one attached hydrogen (secondary N) is 1. The third-order valence-electron chi connectivity index (χ3n) is 5.12. The maximum absolute atomic E-state index is 13.5. The molecule has 31 heavy (non-hydrogen) atoms. The van der Waals surface area contributed by atoms with Gasteiger partial charge in [0.25, 0.3) is 5.91 Å². The highest BCUT2D eigenvalue weighted by Gasteiger charge is 2.27. The Morgan fingerprint density at radius 1 is 1.00 bits per heavy atom. The molecule has 0 aromatic heterocycles. The van der Waals surface area contributed by atoms with Gasteiger partial charge in [0.05, 0.1) is 0 Å². The average molecular weight is 438 g/mol. The fraction of sp³-hybridized carbons (Fsp3) is 0.167. The minimum absolute atomic E-state index is 0.131. The number of rotatable bonds is 5. The molecule has 1 aliphatic heterocycles. The molecule has 0 aliphatic carbocycles. The van der Waals surface area contributed by atoms with Crippen molar-refractivity contribution in [1.29, 1.82) is 0 Å². The predicted octanol–water partition coefficient (Wildman–Crippen LogP) is 5.56. The van der Waals surface area contributed by atoms with E-state index in [1.54, 1.807) is 64.4 Å². The number of hydrogen-bond donors (Lipinski definition) is 1. The predicted molar refractivity (Wildman–Crippen MR) is 120 cm³/mol. The first-order valence-electron chi connectivity index (χ1n) is 9.97. The molecule has 3 aromatic carbocycles. The third-order valence-corrected chi connectivity index (χ3v) is 5.37. The Labute approximate surface area is 185 Å². The second kappa shape index (κ2) is 9.18. The summed E-state index contributed by atoms with van der Waals surface area (Å²) >= 11 is 5.87. The smallest absolute Gasteiger partial charge is 0.322 e. The Kier molecular flexibility index (Phi) is 6.18. The summed E-state index contributed by atoms with van der Waals surface area (Å²) < 4.78 is 13.5. The van der Waals surface area contributed by atoms with E-state index in [1.807, 2.05) is 6.07 Å². The van der Waals surface area contributed by atoms with E-state index in [9.17, 15) is 14.0 Å². The van der Waals surface area contributed by atoms with Crippen LogP contribution < -0.4 is 10.2 Å². The van der Waals surface area contributed by atoms with E-state index in [4.69, 9.17) is 11.6 Å². The lowest BCUT2D eigenvalue weighted by Crippen LogP contribution is -2.49. The molecule has 0 unspecified atom stereocenters. The molecule has 1 heterocycles. The van der Waals surface area contributed by atoms with Crippen molar-refractivity contribution in [2.75, 3.05) is 23.3 Å². The first-order valence-corrected chi connectivity index (χ1v) is 10.4. The minimum atomic E-state index is -0.314. The molecule has 1 aliphatic rings. The van der Waals surface area contributed by atoms with Crippen LogP contribution in [0.1, 0.15) is 22.3 Å². The second-order valence-electron chi connectivity index (χ2n) is 7.35. The Balaban J connectivity index is 1.43. The number of halogens is 2. The van der Waals surface area contributed by atoms with Crippen LogP contribution >= 0.6 is 11.6 Å². The van der Waals surface area contributed by atoms with Crippen molar-refractivity contribution in [1.82, 2.24) is 4.90 Å².